The molecule has 3 aromatic rings. The highest BCUT2D eigenvalue weighted by molar-refractivity contribution is 6.05. The minimum atomic E-state index is -1.30. The zero-order valence-corrected chi connectivity index (χ0v) is 17.6. The first-order valence-corrected chi connectivity index (χ1v) is 10.1. The van der Waals surface area contributed by atoms with E-state index in [2.05, 4.69) is 10.6 Å². The molecule has 0 spiro atoms. The number of carboxylic acids is 2. The van der Waals surface area contributed by atoms with Crippen molar-refractivity contribution in [3.63, 3.8) is 0 Å². The van der Waals surface area contributed by atoms with Crippen LogP contribution >= 0.6 is 0 Å². The quantitative estimate of drug-likeness (QED) is 0.397. The lowest BCUT2D eigenvalue weighted by Gasteiger charge is -2.09. The molecule has 0 saturated carbocycles. The van der Waals surface area contributed by atoms with Gasteiger partial charge in [0.15, 0.2) is 0 Å². The molecule has 3 rings (SSSR count). The third-order valence-electron chi connectivity index (χ3n) is 4.87. The lowest BCUT2D eigenvalue weighted by molar-refractivity contribution is -0.121. The molecule has 0 aliphatic heterocycles. The first-order chi connectivity index (χ1) is 15.8. The number of anilines is 1. The van der Waals surface area contributed by atoms with Gasteiger partial charge in [0.05, 0.1) is 11.1 Å². The Morgan fingerprint density at radius 3 is 1.88 bits per heavy atom. The van der Waals surface area contributed by atoms with Crippen LogP contribution in [0.5, 0.6) is 0 Å². The van der Waals surface area contributed by atoms with E-state index in [1.807, 2.05) is 30.3 Å². The highest BCUT2D eigenvalue weighted by Crippen LogP contribution is 2.17. The summed E-state index contributed by atoms with van der Waals surface area (Å²) < 4.78 is 0. The average Bonchev–Trinajstić information content (AvgIpc) is 2.82. The molecule has 8 nitrogen and oxygen atoms in total. The van der Waals surface area contributed by atoms with Gasteiger partial charge < -0.3 is 20.8 Å². The van der Waals surface area contributed by atoms with E-state index >= 15 is 0 Å². The Kier molecular flexibility index (Phi) is 7.54. The minimum Gasteiger partial charge on any atom is -0.478 e. The second-order valence-corrected chi connectivity index (χ2v) is 7.32. The summed E-state index contributed by atoms with van der Waals surface area (Å²) >= 11 is 0. The third kappa shape index (κ3) is 6.76. The second kappa shape index (κ2) is 10.7. The number of rotatable bonds is 9. The van der Waals surface area contributed by atoms with Crippen LogP contribution in [0.4, 0.5) is 5.69 Å². The number of carbonyl (C=O) groups is 4. The van der Waals surface area contributed by atoms with Crippen LogP contribution in [0.3, 0.4) is 0 Å². The molecule has 0 atom stereocenters. The van der Waals surface area contributed by atoms with Gasteiger partial charge >= 0.3 is 11.9 Å². The summed E-state index contributed by atoms with van der Waals surface area (Å²) in [5.74, 6) is -3.20. The van der Waals surface area contributed by atoms with Gasteiger partial charge in [-0.2, -0.15) is 0 Å². The Balaban J connectivity index is 1.56. The number of nitrogens with one attached hydrogen (secondary N) is 2. The number of aryl methyl sites for hydroxylation is 1. The SMILES string of the molecule is O=C(CCc1ccccc1)NCc1ccc(C(=O)Nc2cc(C(=O)O)cc(C(=O)O)c2)cc1. The van der Waals surface area contributed by atoms with Gasteiger partial charge in [0.2, 0.25) is 5.91 Å². The van der Waals surface area contributed by atoms with Crippen LogP contribution in [-0.2, 0) is 17.8 Å². The fourth-order valence-corrected chi connectivity index (χ4v) is 3.12. The highest BCUT2D eigenvalue weighted by atomic mass is 16.4. The molecule has 2 amide bonds. The zero-order valence-electron chi connectivity index (χ0n) is 17.6. The Hall–Kier alpha value is -4.46. The number of benzene rings is 3. The molecule has 0 saturated heterocycles. The molecular weight excluding hydrogens is 424 g/mol. The topological polar surface area (TPSA) is 133 Å². The summed E-state index contributed by atoms with van der Waals surface area (Å²) in [7, 11) is 0. The average molecular weight is 446 g/mol. The fourth-order valence-electron chi connectivity index (χ4n) is 3.12. The summed E-state index contributed by atoms with van der Waals surface area (Å²) in [4.78, 5) is 47.0. The van der Waals surface area contributed by atoms with Crippen molar-refractivity contribution < 1.29 is 29.4 Å². The largest absolute Gasteiger partial charge is 0.478 e. The number of carboxylic acid groups (broad SMARTS) is 2. The van der Waals surface area contributed by atoms with Crippen molar-refractivity contribution in [3.8, 4) is 0 Å². The van der Waals surface area contributed by atoms with Crippen LogP contribution in [0.15, 0.2) is 72.8 Å². The van der Waals surface area contributed by atoms with Gasteiger partial charge in [0.25, 0.3) is 5.91 Å². The molecule has 4 N–H and O–H groups in total. The monoisotopic (exact) mass is 446 g/mol. The smallest absolute Gasteiger partial charge is 0.335 e. The predicted octanol–water partition coefficient (Wildman–Crippen LogP) is 3.58. The zero-order chi connectivity index (χ0) is 23.8. The van der Waals surface area contributed by atoms with Crippen LogP contribution in [-0.4, -0.2) is 34.0 Å². The molecule has 33 heavy (non-hydrogen) atoms. The maximum atomic E-state index is 12.5. The van der Waals surface area contributed by atoms with Crippen molar-refractivity contribution in [3.05, 3.63) is 101 Å². The Morgan fingerprint density at radius 1 is 0.697 bits per heavy atom. The maximum absolute atomic E-state index is 12.5. The Labute approximate surface area is 189 Å². The van der Waals surface area contributed by atoms with Crippen LogP contribution < -0.4 is 10.6 Å². The molecule has 0 heterocycles. The number of amides is 2. The summed E-state index contributed by atoms with van der Waals surface area (Å²) in [6.07, 6.45) is 1.02. The number of hydrogen-bond acceptors (Lipinski definition) is 4. The van der Waals surface area contributed by atoms with E-state index in [0.29, 0.717) is 24.9 Å². The Morgan fingerprint density at radius 2 is 1.30 bits per heavy atom. The van der Waals surface area contributed by atoms with Crippen molar-refractivity contribution in [1.29, 1.82) is 0 Å². The lowest BCUT2D eigenvalue weighted by Crippen LogP contribution is -2.23. The molecule has 0 fully saturated rings. The van der Waals surface area contributed by atoms with Gasteiger partial charge in [0, 0.05) is 24.2 Å². The molecule has 0 unspecified atom stereocenters. The van der Waals surface area contributed by atoms with Crippen LogP contribution in [0.25, 0.3) is 0 Å². The molecule has 0 aromatic heterocycles. The van der Waals surface area contributed by atoms with E-state index in [9.17, 15) is 19.2 Å². The van der Waals surface area contributed by atoms with Crippen LogP contribution in [0, 0.1) is 0 Å². The number of aromatic carboxylic acids is 2. The van der Waals surface area contributed by atoms with Gasteiger partial charge in [-0.1, -0.05) is 42.5 Å². The molecule has 3 aromatic carbocycles. The second-order valence-electron chi connectivity index (χ2n) is 7.32. The molecule has 0 aliphatic rings. The predicted molar refractivity (Wildman–Crippen MR) is 121 cm³/mol. The van der Waals surface area contributed by atoms with Gasteiger partial charge in [-0.3, -0.25) is 9.59 Å². The standard InChI is InChI=1S/C25H22N2O6/c28-22(11-8-16-4-2-1-3-5-16)26-15-17-6-9-18(10-7-17)23(29)27-21-13-19(24(30)31)12-20(14-21)25(32)33/h1-7,9-10,12-14H,8,11,15H2,(H,26,28)(H,27,29)(H,30,31)(H,32,33). The van der Waals surface area contributed by atoms with E-state index in [1.165, 1.54) is 12.1 Å². The first-order valence-electron chi connectivity index (χ1n) is 10.1. The van der Waals surface area contributed by atoms with Crippen molar-refractivity contribution >= 4 is 29.4 Å². The van der Waals surface area contributed by atoms with Crippen molar-refractivity contribution in [2.45, 2.75) is 19.4 Å². The molecule has 0 aliphatic carbocycles. The third-order valence-corrected chi connectivity index (χ3v) is 4.87. The van der Waals surface area contributed by atoms with E-state index < -0.39 is 17.8 Å². The highest BCUT2D eigenvalue weighted by Gasteiger charge is 2.14. The molecular formula is C25H22N2O6. The molecule has 0 bridgehead atoms. The van der Waals surface area contributed by atoms with Crippen LogP contribution in [0.1, 0.15) is 48.6 Å². The summed E-state index contributed by atoms with van der Waals surface area (Å²) in [5.41, 5.74) is 1.76. The first kappa shape index (κ1) is 23.2. The molecule has 8 heteroatoms. The summed E-state index contributed by atoms with van der Waals surface area (Å²) in [6.45, 7) is 0.318. The van der Waals surface area contributed by atoms with Gasteiger partial charge in [0.1, 0.15) is 0 Å². The summed E-state index contributed by atoms with van der Waals surface area (Å²) in [5, 5.41) is 23.6. The van der Waals surface area contributed by atoms with E-state index in [4.69, 9.17) is 10.2 Å². The summed E-state index contributed by atoms with van der Waals surface area (Å²) in [6, 6.07) is 19.6. The van der Waals surface area contributed by atoms with Crippen molar-refractivity contribution in [2.75, 3.05) is 5.32 Å². The number of hydrogen-bond donors (Lipinski definition) is 4. The fraction of sp³-hybridized carbons (Fsp3) is 0.120. The van der Waals surface area contributed by atoms with Gasteiger partial charge in [-0.05, 0) is 47.9 Å². The van der Waals surface area contributed by atoms with Crippen molar-refractivity contribution in [1.82, 2.24) is 5.32 Å². The van der Waals surface area contributed by atoms with E-state index in [1.54, 1.807) is 24.3 Å². The molecule has 168 valence electrons. The lowest BCUT2D eigenvalue weighted by atomic mass is 10.1. The van der Waals surface area contributed by atoms with Gasteiger partial charge in [-0.25, -0.2) is 9.59 Å². The van der Waals surface area contributed by atoms with Crippen molar-refractivity contribution in [2.24, 2.45) is 0 Å². The van der Waals surface area contributed by atoms with Gasteiger partial charge in [-0.15, -0.1) is 0 Å². The molecule has 0 radical (unpaired) electrons. The normalized spacial score (nSPS) is 10.3. The van der Waals surface area contributed by atoms with E-state index in [-0.39, 0.29) is 22.7 Å². The van der Waals surface area contributed by atoms with E-state index in [0.717, 1.165) is 17.2 Å². The Bertz CT molecular complexity index is 1140. The maximum Gasteiger partial charge on any atom is 0.335 e. The minimum absolute atomic E-state index is 0.0621. The van der Waals surface area contributed by atoms with Crippen LogP contribution in [0.2, 0.25) is 0 Å². The number of carbonyl (C=O) groups excluding carboxylic acids is 2.